The minimum Gasteiger partial charge on any atom is -0.383 e. The van der Waals surface area contributed by atoms with Crippen molar-refractivity contribution in [1.29, 1.82) is 0 Å². The quantitative estimate of drug-likeness (QED) is 0.514. The number of amides is 1. The maximum absolute atomic E-state index is 10.8. The third kappa shape index (κ3) is 2.60. The molecule has 3 rings (SSSR count). The highest BCUT2D eigenvalue weighted by atomic mass is 32.2. The topological polar surface area (TPSA) is 94.9 Å². The summed E-state index contributed by atoms with van der Waals surface area (Å²) in [4.78, 5) is 22.0. The van der Waals surface area contributed by atoms with Gasteiger partial charge < -0.3 is 11.5 Å². The van der Waals surface area contributed by atoms with E-state index in [0.717, 1.165) is 23.1 Å². The second-order valence-corrected chi connectivity index (χ2v) is 6.92. The number of thiophene rings is 1. The molecule has 0 spiro atoms. The van der Waals surface area contributed by atoms with E-state index < -0.39 is 0 Å². The van der Waals surface area contributed by atoms with Crippen LogP contribution in [-0.4, -0.2) is 21.6 Å². The summed E-state index contributed by atoms with van der Waals surface area (Å²) in [6.07, 6.45) is 5.89. The third-order valence-corrected chi connectivity index (χ3v) is 5.47. The number of carbonyl (C=O) groups is 1. The minimum absolute atomic E-state index is 0.177. The van der Waals surface area contributed by atoms with Gasteiger partial charge in [-0.25, -0.2) is 9.97 Å². The molecule has 2 aromatic rings. The highest BCUT2D eigenvalue weighted by molar-refractivity contribution is 7.99. The van der Waals surface area contributed by atoms with Gasteiger partial charge in [-0.15, -0.1) is 11.3 Å². The van der Waals surface area contributed by atoms with E-state index in [1.54, 1.807) is 11.3 Å². The average Bonchev–Trinajstić information content (AvgIpc) is 2.59. The summed E-state index contributed by atoms with van der Waals surface area (Å²) in [6.45, 7) is 0. The normalized spacial score (nSPS) is 15.0. The zero-order valence-corrected chi connectivity index (χ0v) is 12.6. The standard InChI is InChI=1S/C13H16N4OS2/c14-9(18)6-19-13-16-11(15)10-7-4-2-1-3-5-8(7)20-12(10)17-13/h1-6H2,(H2,14,18)(H2,15,16,17). The zero-order chi connectivity index (χ0) is 14.1. The Labute approximate surface area is 125 Å². The molecule has 0 atom stereocenters. The summed E-state index contributed by atoms with van der Waals surface area (Å²) in [5, 5.41) is 1.56. The van der Waals surface area contributed by atoms with Crippen LogP contribution in [0.5, 0.6) is 0 Å². The number of nitrogens with zero attached hydrogens (tertiary/aromatic N) is 2. The number of primary amides is 1. The summed E-state index contributed by atoms with van der Waals surface area (Å²) >= 11 is 2.95. The summed E-state index contributed by atoms with van der Waals surface area (Å²) in [5.41, 5.74) is 12.6. The third-order valence-electron chi connectivity index (χ3n) is 3.42. The summed E-state index contributed by atoms with van der Waals surface area (Å²) in [5.74, 6) is 0.330. The van der Waals surface area contributed by atoms with Crippen molar-refractivity contribution in [3.8, 4) is 0 Å². The molecular formula is C13H16N4OS2. The average molecular weight is 308 g/mol. The first kappa shape index (κ1) is 13.6. The van der Waals surface area contributed by atoms with Crippen molar-refractivity contribution in [2.45, 2.75) is 37.3 Å². The van der Waals surface area contributed by atoms with Gasteiger partial charge in [-0.2, -0.15) is 0 Å². The highest BCUT2D eigenvalue weighted by Gasteiger charge is 2.19. The predicted molar refractivity (Wildman–Crippen MR) is 83.0 cm³/mol. The van der Waals surface area contributed by atoms with Gasteiger partial charge in [0.2, 0.25) is 5.91 Å². The Morgan fingerprint density at radius 2 is 2.05 bits per heavy atom. The lowest BCUT2D eigenvalue weighted by Gasteiger charge is -2.03. The lowest BCUT2D eigenvalue weighted by atomic mass is 10.1. The number of aromatic nitrogens is 2. The van der Waals surface area contributed by atoms with E-state index in [1.165, 1.54) is 41.5 Å². The lowest BCUT2D eigenvalue weighted by Crippen LogP contribution is -2.13. The maximum atomic E-state index is 10.8. The molecule has 0 bridgehead atoms. The molecule has 2 aromatic heterocycles. The number of fused-ring (bicyclic) bond motifs is 3. The van der Waals surface area contributed by atoms with Crippen molar-refractivity contribution >= 4 is 45.0 Å². The number of hydrogen-bond donors (Lipinski definition) is 2. The molecule has 1 aliphatic carbocycles. The van der Waals surface area contributed by atoms with Gasteiger partial charge in [-0.05, 0) is 31.2 Å². The van der Waals surface area contributed by atoms with Crippen molar-refractivity contribution < 1.29 is 4.79 Å². The Hall–Kier alpha value is -1.34. The van der Waals surface area contributed by atoms with E-state index in [-0.39, 0.29) is 11.7 Å². The second kappa shape index (κ2) is 5.57. The number of aryl methyl sites for hydroxylation is 2. The summed E-state index contributed by atoms with van der Waals surface area (Å²) in [7, 11) is 0. The fraction of sp³-hybridized carbons (Fsp3) is 0.462. The van der Waals surface area contributed by atoms with Gasteiger partial charge in [-0.1, -0.05) is 18.2 Å². The molecule has 5 nitrogen and oxygen atoms in total. The molecule has 0 radical (unpaired) electrons. The van der Waals surface area contributed by atoms with Gasteiger partial charge in [0.25, 0.3) is 0 Å². The Balaban J connectivity index is 2.02. The number of nitrogens with two attached hydrogens (primary N) is 2. The molecule has 2 heterocycles. The molecular weight excluding hydrogens is 292 g/mol. The number of thioether (sulfide) groups is 1. The summed E-state index contributed by atoms with van der Waals surface area (Å²) in [6, 6.07) is 0. The van der Waals surface area contributed by atoms with Gasteiger partial charge in [0.05, 0.1) is 11.1 Å². The molecule has 1 aliphatic rings. The number of hydrogen-bond acceptors (Lipinski definition) is 6. The summed E-state index contributed by atoms with van der Waals surface area (Å²) < 4.78 is 0. The molecule has 106 valence electrons. The first-order valence-corrected chi connectivity index (χ1v) is 8.44. The monoisotopic (exact) mass is 308 g/mol. The van der Waals surface area contributed by atoms with Crippen LogP contribution in [0.15, 0.2) is 5.16 Å². The largest absolute Gasteiger partial charge is 0.383 e. The van der Waals surface area contributed by atoms with Crippen molar-refractivity contribution in [3.05, 3.63) is 10.4 Å². The first-order valence-electron chi connectivity index (χ1n) is 6.64. The highest BCUT2D eigenvalue weighted by Crippen LogP contribution is 2.37. The molecule has 0 saturated carbocycles. The minimum atomic E-state index is -0.376. The van der Waals surface area contributed by atoms with E-state index in [1.807, 2.05) is 0 Å². The van der Waals surface area contributed by atoms with E-state index >= 15 is 0 Å². The molecule has 0 aliphatic heterocycles. The van der Waals surface area contributed by atoms with Crippen LogP contribution in [0.25, 0.3) is 10.2 Å². The van der Waals surface area contributed by atoms with Gasteiger partial charge in [0, 0.05) is 4.88 Å². The van der Waals surface area contributed by atoms with Gasteiger partial charge >= 0.3 is 0 Å². The number of carbonyl (C=O) groups excluding carboxylic acids is 1. The van der Waals surface area contributed by atoms with Crippen LogP contribution in [0.4, 0.5) is 5.82 Å². The van der Waals surface area contributed by atoms with E-state index in [0.29, 0.717) is 11.0 Å². The molecule has 0 saturated heterocycles. The molecule has 0 fully saturated rings. The van der Waals surface area contributed by atoms with Crippen LogP contribution in [0.2, 0.25) is 0 Å². The fourth-order valence-electron chi connectivity index (χ4n) is 2.54. The van der Waals surface area contributed by atoms with Crippen LogP contribution < -0.4 is 11.5 Å². The van der Waals surface area contributed by atoms with Crippen molar-refractivity contribution in [3.63, 3.8) is 0 Å². The van der Waals surface area contributed by atoms with Crippen molar-refractivity contribution in [1.82, 2.24) is 9.97 Å². The van der Waals surface area contributed by atoms with Crippen molar-refractivity contribution in [2.24, 2.45) is 5.73 Å². The van der Waals surface area contributed by atoms with E-state index in [2.05, 4.69) is 9.97 Å². The van der Waals surface area contributed by atoms with Crippen LogP contribution in [0.3, 0.4) is 0 Å². The zero-order valence-electron chi connectivity index (χ0n) is 11.0. The van der Waals surface area contributed by atoms with E-state index in [9.17, 15) is 4.79 Å². The van der Waals surface area contributed by atoms with Gasteiger partial charge in [0.15, 0.2) is 5.16 Å². The Morgan fingerprint density at radius 3 is 2.85 bits per heavy atom. The molecule has 20 heavy (non-hydrogen) atoms. The Bertz CT molecular complexity index is 668. The SMILES string of the molecule is NC(=O)CSc1nc(N)c2c3c(sc2n1)CCCCC3. The smallest absolute Gasteiger partial charge is 0.227 e. The number of rotatable bonds is 3. The number of anilines is 1. The second-order valence-electron chi connectivity index (χ2n) is 4.89. The van der Waals surface area contributed by atoms with Crippen LogP contribution in [-0.2, 0) is 17.6 Å². The molecule has 1 amide bonds. The fourth-order valence-corrected chi connectivity index (χ4v) is 4.46. The van der Waals surface area contributed by atoms with Gasteiger partial charge in [0.1, 0.15) is 10.6 Å². The van der Waals surface area contributed by atoms with E-state index in [4.69, 9.17) is 11.5 Å². The molecule has 0 unspecified atom stereocenters. The van der Waals surface area contributed by atoms with Crippen LogP contribution in [0, 0.1) is 0 Å². The van der Waals surface area contributed by atoms with Crippen LogP contribution in [0.1, 0.15) is 29.7 Å². The maximum Gasteiger partial charge on any atom is 0.227 e. The van der Waals surface area contributed by atoms with Crippen molar-refractivity contribution in [2.75, 3.05) is 11.5 Å². The first-order chi connectivity index (χ1) is 9.65. The van der Waals surface area contributed by atoms with Crippen LogP contribution >= 0.6 is 23.1 Å². The van der Waals surface area contributed by atoms with Gasteiger partial charge in [-0.3, -0.25) is 4.79 Å². The molecule has 4 N–H and O–H groups in total. The lowest BCUT2D eigenvalue weighted by molar-refractivity contribution is -0.115. The molecule has 0 aromatic carbocycles. The Kier molecular flexibility index (Phi) is 3.80. The predicted octanol–water partition coefficient (Wildman–Crippen LogP) is 2.12. The Morgan fingerprint density at radius 1 is 1.25 bits per heavy atom. The molecule has 7 heteroatoms. The number of nitrogen functional groups attached to an aromatic ring is 1.